The molecule has 0 bridgehead atoms. The van der Waals surface area contributed by atoms with Crippen molar-refractivity contribution in [1.29, 1.82) is 0 Å². The van der Waals surface area contributed by atoms with Crippen LogP contribution in [0.5, 0.6) is 0 Å². The molecule has 0 aromatic rings. The molecule has 0 rings (SSSR count). The van der Waals surface area contributed by atoms with Crippen LogP contribution in [0, 0.1) is 17.8 Å². The van der Waals surface area contributed by atoms with Crippen molar-refractivity contribution in [3.63, 3.8) is 0 Å². The molecule has 0 aromatic heterocycles. The third-order valence-corrected chi connectivity index (χ3v) is 20.1. The van der Waals surface area contributed by atoms with E-state index < -0.39 is 97.5 Å². The number of rotatable bonds is 75. The van der Waals surface area contributed by atoms with E-state index in [2.05, 4.69) is 48.5 Å². The number of hydrogen-bond donors (Lipinski definition) is 3. The first kappa shape index (κ1) is 94.1. The van der Waals surface area contributed by atoms with Crippen molar-refractivity contribution in [2.45, 2.75) is 414 Å². The van der Waals surface area contributed by atoms with E-state index in [-0.39, 0.29) is 25.7 Å². The molecule has 0 amide bonds. The highest BCUT2D eigenvalue weighted by molar-refractivity contribution is 7.47. The quantitative estimate of drug-likeness (QED) is 0.0222. The standard InChI is InChI=1S/C77H150O17P2/c1-8-10-11-12-13-14-15-19-27-32-37-46-53-60-77(82)94-73(65-88-75(80)59-52-45-40-39-43-50-57-70(7)9-2)67-92-96(85,86)90-63-71(78)62-89-95(83,84)91-66-72(64-87-74(79)58-51-44-36-31-26-23-22-25-30-35-42-49-56-69(5)6)93-76(81)61-54-47-38-33-28-21-18-16-17-20-24-29-34-41-48-55-68(3)4/h68-73,78H,8-67H2,1-7H3,(H,83,84)(H,85,86)/t70?,71-,72-,73-/m1/s1. The monoisotopic (exact) mass is 1410 g/mol. The van der Waals surface area contributed by atoms with E-state index >= 15 is 0 Å². The lowest BCUT2D eigenvalue weighted by atomic mass is 10.00. The average molecular weight is 1410 g/mol. The maximum absolute atomic E-state index is 13.1. The third kappa shape index (κ3) is 69.2. The number of aliphatic hydroxyl groups excluding tert-OH is 1. The molecule has 570 valence electrons. The summed E-state index contributed by atoms with van der Waals surface area (Å²) in [5.41, 5.74) is 0. The van der Waals surface area contributed by atoms with Gasteiger partial charge in [-0.1, -0.05) is 344 Å². The Labute approximate surface area is 588 Å². The Balaban J connectivity index is 5.25. The second kappa shape index (κ2) is 67.5. The fraction of sp³-hybridized carbons (Fsp3) is 0.948. The molecule has 0 spiro atoms. The van der Waals surface area contributed by atoms with E-state index in [1.165, 1.54) is 199 Å². The highest BCUT2D eigenvalue weighted by atomic mass is 31.2. The minimum absolute atomic E-state index is 0.107. The van der Waals surface area contributed by atoms with E-state index in [1.54, 1.807) is 0 Å². The number of phosphoric acid groups is 2. The van der Waals surface area contributed by atoms with Crippen LogP contribution in [0.3, 0.4) is 0 Å². The molecule has 3 unspecified atom stereocenters. The van der Waals surface area contributed by atoms with Crippen LogP contribution in [0.2, 0.25) is 0 Å². The van der Waals surface area contributed by atoms with Crippen LogP contribution in [-0.4, -0.2) is 96.7 Å². The summed E-state index contributed by atoms with van der Waals surface area (Å²) < 4.78 is 68.6. The lowest BCUT2D eigenvalue weighted by molar-refractivity contribution is -0.161. The smallest absolute Gasteiger partial charge is 0.462 e. The molecule has 0 aliphatic carbocycles. The first-order valence-electron chi connectivity index (χ1n) is 39.9. The van der Waals surface area contributed by atoms with Gasteiger partial charge in [-0.05, 0) is 43.4 Å². The number of carbonyl (C=O) groups is 4. The minimum atomic E-state index is -4.96. The van der Waals surface area contributed by atoms with Crippen molar-refractivity contribution in [3.05, 3.63) is 0 Å². The van der Waals surface area contributed by atoms with Crippen LogP contribution in [-0.2, 0) is 65.4 Å². The van der Waals surface area contributed by atoms with E-state index in [9.17, 15) is 43.2 Å². The second-order valence-electron chi connectivity index (χ2n) is 28.9. The largest absolute Gasteiger partial charge is 0.472 e. The molecule has 6 atom stereocenters. The zero-order valence-corrected chi connectivity index (χ0v) is 64.6. The van der Waals surface area contributed by atoms with Gasteiger partial charge in [0.15, 0.2) is 12.2 Å². The normalized spacial score (nSPS) is 14.3. The number of ether oxygens (including phenoxy) is 4. The molecule has 19 heteroatoms. The maximum atomic E-state index is 13.1. The average Bonchev–Trinajstić information content (AvgIpc) is 1.28. The van der Waals surface area contributed by atoms with Gasteiger partial charge in [0.25, 0.3) is 0 Å². The molecule has 0 aliphatic heterocycles. The van der Waals surface area contributed by atoms with Gasteiger partial charge in [0.05, 0.1) is 26.4 Å². The zero-order chi connectivity index (χ0) is 70.9. The Morgan fingerprint density at radius 1 is 0.302 bits per heavy atom. The van der Waals surface area contributed by atoms with Gasteiger partial charge >= 0.3 is 39.5 Å². The summed E-state index contributed by atoms with van der Waals surface area (Å²) >= 11 is 0. The first-order valence-corrected chi connectivity index (χ1v) is 42.9. The number of aliphatic hydroxyl groups is 1. The molecular formula is C77H150O17P2. The van der Waals surface area contributed by atoms with Gasteiger partial charge in [0, 0.05) is 25.7 Å². The summed E-state index contributed by atoms with van der Waals surface area (Å²) in [7, 11) is -9.91. The van der Waals surface area contributed by atoms with Gasteiger partial charge in [0.1, 0.15) is 19.3 Å². The number of unbranched alkanes of at least 4 members (excludes halogenated alkanes) is 42. The van der Waals surface area contributed by atoms with Crippen LogP contribution in [0.1, 0.15) is 395 Å². The summed E-state index contributed by atoms with van der Waals surface area (Å²) in [4.78, 5) is 72.9. The molecule has 0 saturated carbocycles. The van der Waals surface area contributed by atoms with Crippen molar-refractivity contribution >= 4 is 39.5 Å². The summed E-state index contributed by atoms with van der Waals surface area (Å²) in [5.74, 6) is 0.200. The highest BCUT2D eigenvalue weighted by Gasteiger charge is 2.30. The van der Waals surface area contributed by atoms with Crippen LogP contribution in [0.25, 0.3) is 0 Å². The number of hydrogen-bond acceptors (Lipinski definition) is 15. The fourth-order valence-corrected chi connectivity index (χ4v) is 13.3. The summed E-state index contributed by atoms with van der Waals surface area (Å²) in [6.07, 6.45) is 54.0. The van der Waals surface area contributed by atoms with Gasteiger partial charge in [-0.3, -0.25) is 37.3 Å². The molecular weight excluding hydrogens is 1260 g/mol. The van der Waals surface area contributed by atoms with Crippen LogP contribution in [0.4, 0.5) is 0 Å². The van der Waals surface area contributed by atoms with Crippen LogP contribution < -0.4 is 0 Å². The van der Waals surface area contributed by atoms with Crippen molar-refractivity contribution < 1.29 is 80.2 Å². The zero-order valence-electron chi connectivity index (χ0n) is 62.8. The van der Waals surface area contributed by atoms with Gasteiger partial charge in [-0.25, -0.2) is 9.13 Å². The van der Waals surface area contributed by atoms with E-state index in [0.29, 0.717) is 25.7 Å². The molecule has 0 aliphatic rings. The molecule has 0 radical (unpaired) electrons. The Hall–Kier alpha value is -1.94. The molecule has 0 heterocycles. The van der Waals surface area contributed by atoms with E-state index in [0.717, 1.165) is 114 Å². The summed E-state index contributed by atoms with van der Waals surface area (Å²) in [5, 5.41) is 10.6. The Morgan fingerprint density at radius 2 is 0.531 bits per heavy atom. The van der Waals surface area contributed by atoms with Crippen molar-refractivity contribution in [1.82, 2.24) is 0 Å². The van der Waals surface area contributed by atoms with Crippen molar-refractivity contribution in [2.75, 3.05) is 39.6 Å². The second-order valence-corrected chi connectivity index (χ2v) is 31.8. The van der Waals surface area contributed by atoms with Crippen molar-refractivity contribution in [3.8, 4) is 0 Å². The molecule has 96 heavy (non-hydrogen) atoms. The fourth-order valence-electron chi connectivity index (χ4n) is 11.7. The SMILES string of the molecule is CCCCCCCCCCCCCCCC(=O)O[C@H](COC(=O)CCCCCCCCC(C)CC)COP(=O)(O)OC[C@H](O)COP(=O)(O)OC[C@@H](COC(=O)CCCCCCCCCCCCCCC(C)C)OC(=O)CCCCCCCCCCCCCCCCCC(C)C. The van der Waals surface area contributed by atoms with E-state index in [4.69, 9.17) is 37.0 Å². The Kier molecular flexibility index (Phi) is 66.2. The lowest BCUT2D eigenvalue weighted by Crippen LogP contribution is -2.30. The minimum Gasteiger partial charge on any atom is -0.462 e. The maximum Gasteiger partial charge on any atom is 0.472 e. The topological polar surface area (TPSA) is 237 Å². The van der Waals surface area contributed by atoms with Gasteiger partial charge in [-0.2, -0.15) is 0 Å². The van der Waals surface area contributed by atoms with Gasteiger partial charge < -0.3 is 33.8 Å². The van der Waals surface area contributed by atoms with Crippen LogP contribution >= 0.6 is 15.6 Å². The van der Waals surface area contributed by atoms with E-state index in [1.807, 2.05) is 0 Å². The summed E-state index contributed by atoms with van der Waals surface area (Å²) in [6.45, 7) is 11.9. The molecule has 0 saturated heterocycles. The molecule has 17 nitrogen and oxygen atoms in total. The number of carbonyl (C=O) groups excluding carboxylic acids is 4. The number of phosphoric ester groups is 2. The van der Waals surface area contributed by atoms with Gasteiger partial charge in [0.2, 0.25) is 0 Å². The lowest BCUT2D eigenvalue weighted by Gasteiger charge is -2.21. The molecule has 3 N–H and O–H groups in total. The number of esters is 4. The predicted molar refractivity (Wildman–Crippen MR) is 391 cm³/mol. The first-order chi connectivity index (χ1) is 46.3. The third-order valence-electron chi connectivity index (χ3n) is 18.2. The predicted octanol–water partition coefficient (Wildman–Crippen LogP) is 22.6. The Morgan fingerprint density at radius 3 is 0.792 bits per heavy atom. The summed E-state index contributed by atoms with van der Waals surface area (Å²) in [6, 6.07) is 0. The van der Waals surface area contributed by atoms with Gasteiger partial charge in [-0.15, -0.1) is 0 Å². The van der Waals surface area contributed by atoms with Crippen LogP contribution in [0.15, 0.2) is 0 Å². The molecule has 0 fully saturated rings. The van der Waals surface area contributed by atoms with Crippen molar-refractivity contribution in [2.24, 2.45) is 17.8 Å². The Bertz CT molecular complexity index is 1870. The molecule has 0 aromatic carbocycles. The highest BCUT2D eigenvalue weighted by Crippen LogP contribution is 2.45.